The molecule has 1 aromatic rings. The Kier molecular flexibility index (Phi) is 6.26. The van der Waals surface area contributed by atoms with Crippen LogP contribution in [0.1, 0.15) is 24.8 Å². The molecular formula is C17H22N2O2. The number of benzene rings is 1. The lowest BCUT2D eigenvalue weighted by Gasteiger charge is -2.19. The Balaban J connectivity index is 1.64. The van der Waals surface area contributed by atoms with Crippen LogP contribution in [0.5, 0.6) is 5.75 Å². The third kappa shape index (κ3) is 5.58. The SMILES string of the molecule is N#Cc1cccc(OCC(O)CNCC2CC=CCC2)c1. The molecule has 0 radical (unpaired) electrons. The van der Waals surface area contributed by atoms with Crippen molar-refractivity contribution in [3.05, 3.63) is 42.0 Å². The van der Waals surface area contributed by atoms with E-state index < -0.39 is 6.10 Å². The second kappa shape index (κ2) is 8.46. The summed E-state index contributed by atoms with van der Waals surface area (Å²) in [6.07, 6.45) is 7.42. The molecule has 1 aliphatic rings. The zero-order valence-corrected chi connectivity index (χ0v) is 12.2. The van der Waals surface area contributed by atoms with Crippen molar-refractivity contribution in [3.8, 4) is 11.8 Å². The van der Waals surface area contributed by atoms with Gasteiger partial charge in [-0.1, -0.05) is 18.2 Å². The van der Waals surface area contributed by atoms with Crippen LogP contribution in [-0.2, 0) is 0 Å². The molecule has 0 aliphatic heterocycles. The summed E-state index contributed by atoms with van der Waals surface area (Å²) in [6, 6.07) is 9.03. The second-order valence-corrected chi connectivity index (χ2v) is 5.41. The van der Waals surface area contributed by atoms with Gasteiger partial charge in [-0.3, -0.25) is 0 Å². The number of allylic oxidation sites excluding steroid dienone is 2. The van der Waals surface area contributed by atoms with Gasteiger partial charge in [-0.15, -0.1) is 0 Å². The van der Waals surface area contributed by atoms with Crippen LogP contribution in [0.4, 0.5) is 0 Å². The van der Waals surface area contributed by atoms with Gasteiger partial charge in [0, 0.05) is 6.54 Å². The summed E-state index contributed by atoms with van der Waals surface area (Å²) in [4.78, 5) is 0. The first-order chi connectivity index (χ1) is 10.3. The topological polar surface area (TPSA) is 65.3 Å². The molecule has 0 saturated heterocycles. The fourth-order valence-electron chi connectivity index (χ4n) is 2.40. The molecule has 0 bridgehead atoms. The van der Waals surface area contributed by atoms with Crippen molar-refractivity contribution in [1.82, 2.24) is 5.32 Å². The zero-order chi connectivity index (χ0) is 14.9. The Hall–Kier alpha value is -1.83. The lowest BCUT2D eigenvalue weighted by atomic mass is 9.94. The molecular weight excluding hydrogens is 264 g/mol. The van der Waals surface area contributed by atoms with E-state index in [0.29, 0.717) is 23.8 Å². The van der Waals surface area contributed by atoms with Crippen LogP contribution < -0.4 is 10.1 Å². The number of nitrogens with one attached hydrogen (secondary N) is 1. The maximum absolute atomic E-state index is 9.90. The molecule has 0 amide bonds. The molecule has 0 aromatic heterocycles. The Labute approximate surface area is 126 Å². The largest absolute Gasteiger partial charge is 0.491 e. The van der Waals surface area contributed by atoms with Crippen molar-refractivity contribution in [2.45, 2.75) is 25.4 Å². The summed E-state index contributed by atoms with van der Waals surface area (Å²) >= 11 is 0. The maximum atomic E-state index is 9.90. The first kappa shape index (κ1) is 15.6. The van der Waals surface area contributed by atoms with Crippen LogP contribution in [0, 0.1) is 17.2 Å². The highest BCUT2D eigenvalue weighted by atomic mass is 16.5. The summed E-state index contributed by atoms with van der Waals surface area (Å²) in [5.41, 5.74) is 0.561. The molecule has 4 nitrogen and oxygen atoms in total. The number of hydrogen-bond donors (Lipinski definition) is 2. The van der Waals surface area contributed by atoms with Crippen LogP contribution in [0.15, 0.2) is 36.4 Å². The van der Waals surface area contributed by atoms with Gasteiger partial charge in [-0.2, -0.15) is 5.26 Å². The molecule has 2 N–H and O–H groups in total. The van der Waals surface area contributed by atoms with Crippen molar-refractivity contribution < 1.29 is 9.84 Å². The fourth-order valence-corrected chi connectivity index (χ4v) is 2.40. The normalized spacial score (nSPS) is 19.0. The third-order valence-electron chi connectivity index (χ3n) is 3.60. The lowest BCUT2D eigenvalue weighted by Crippen LogP contribution is -2.34. The standard InChI is InChI=1S/C17H22N2O2/c18-10-15-7-4-8-17(9-15)21-13-16(20)12-19-11-14-5-2-1-3-6-14/h1-2,4,7-9,14,16,19-20H,3,5-6,11-13H2. The van der Waals surface area contributed by atoms with Gasteiger partial charge >= 0.3 is 0 Å². The minimum absolute atomic E-state index is 0.229. The molecule has 1 aromatic carbocycles. The number of ether oxygens (including phenoxy) is 1. The molecule has 0 fully saturated rings. The van der Waals surface area contributed by atoms with Crippen LogP contribution in [0.25, 0.3) is 0 Å². The van der Waals surface area contributed by atoms with E-state index in [0.717, 1.165) is 19.4 Å². The van der Waals surface area contributed by atoms with Crippen LogP contribution in [-0.4, -0.2) is 30.9 Å². The van der Waals surface area contributed by atoms with E-state index in [9.17, 15) is 5.11 Å². The highest BCUT2D eigenvalue weighted by Crippen LogP contribution is 2.17. The molecule has 2 atom stereocenters. The molecule has 4 heteroatoms. The quantitative estimate of drug-likeness (QED) is 0.755. The average Bonchev–Trinajstić information content (AvgIpc) is 2.54. The van der Waals surface area contributed by atoms with E-state index in [-0.39, 0.29) is 6.61 Å². The first-order valence-corrected chi connectivity index (χ1v) is 7.44. The number of aliphatic hydroxyl groups excluding tert-OH is 1. The number of hydrogen-bond acceptors (Lipinski definition) is 4. The minimum Gasteiger partial charge on any atom is -0.491 e. The van der Waals surface area contributed by atoms with E-state index >= 15 is 0 Å². The summed E-state index contributed by atoms with van der Waals surface area (Å²) in [7, 11) is 0. The van der Waals surface area contributed by atoms with Gasteiger partial charge in [0.25, 0.3) is 0 Å². The minimum atomic E-state index is -0.546. The number of rotatable bonds is 7. The zero-order valence-electron chi connectivity index (χ0n) is 12.2. The Bertz CT molecular complexity index is 508. The van der Waals surface area contributed by atoms with E-state index in [2.05, 4.69) is 23.5 Å². The van der Waals surface area contributed by atoms with E-state index in [1.54, 1.807) is 24.3 Å². The summed E-state index contributed by atoms with van der Waals surface area (Å²) in [5.74, 6) is 1.29. The Morgan fingerprint density at radius 1 is 1.43 bits per heavy atom. The van der Waals surface area contributed by atoms with Gasteiger partial charge in [0.1, 0.15) is 18.5 Å². The highest BCUT2D eigenvalue weighted by molar-refractivity contribution is 5.36. The number of nitriles is 1. The molecule has 0 spiro atoms. The molecule has 21 heavy (non-hydrogen) atoms. The van der Waals surface area contributed by atoms with Crippen molar-refractivity contribution in [2.75, 3.05) is 19.7 Å². The Morgan fingerprint density at radius 2 is 2.33 bits per heavy atom. The first-order valence-electron chi connectivity index (χ1n) is 7.44. The van der Waals surface area contributed by atoms with E-state index in [4.69, 9.17) is 10.00 Å². The van der Waals surface area contributed by atoms with Gasteiger partial charge in [0.05, 0.1) is 11.6 Å². The highest BCUT2D eigenvalue weighted by Gasteiger charge is 2.11. The smallest absolute Gasteiger partial charge is 0.120 e. The van der Waals surface area contributed by atoms with Crippen LogP contribution >= 0.6 is 0 Å². The van der Waals surface area contributed by atoms with Gasteiger partial charge in [-0.05, 0) is 49.9 Å². The van der Waals surface area contributed by atoms with Crippen molar-refractivity contribution in [1.29, 1.82) is 5.26 Å². The van der Waals surface area contributed by atoms with E-state index in [1.807, 2.05) is 0 Å². The molecule has 0 saturated carbocycles. The van der Waals surface area contributed by atoms with Crippen LogP contribution in [0.2, 0.25) is 0 Å². The van der Waals surface area contributed by atoms with Crippen molar-refractivity contribution >= 4 is 0 Å². The molecule has 2 rings (SSSR count). The second-order valence-electron chi connectivity index (χ2n) is 5.41. The van der Waals surface area contributed by atoms with Gasteiger partial charge in [0.2, 0.25) is 0 Å². The molecule has 1 aliphatic carbocycles. The van der Waals surface area contributed by atoms with Crippen molar-refractivity contribution in [2.24, 2.45) is 5.92 Å². The molecule has 112 valence electrons. The summed E-state index contributed by atoms with van der Waals surface area (Å²) in [6.45, 7) is 1.69. The van der Waals surface area contributed by atoms with Gasteiger partial charge in [0.15, 0.2) is 0 Å². The monoisotopic (exact) mass is 286 g/mol. The molecule has 0 heterocycles. The predicted molar refractivity (Wildman–Crippen MR) is 82.0 cm³/mol. The third-order valence-corrected chi connectivity index (χ3v) is 3.60. The Morgan fingerprint density at radius 3 is 3.10 bits per heavy atom. The summed E-state index contributed by atoms with van der Waals surface area (Å²) in [5, 5.41) is 22.0. The average molecular weight is 286 g/mol. The number of aliphatic hydroxyl groups is 1. The van der Waals surface area contributed by atoms with Gasteiger partial charge < -0.3 is 15.2 Å². The molecule has 2 unspecified atom stereocenters. The van der Waals surface area contributed by atoms with E-state index in [1.165, 1.54) is 6.42 Å². The van der Waals surface area contributed by atoms with Gasteiger partial charge in [-0.25, -0.2) is 0 Å². The number of nitrogens with zero attached hydrogens (tertiary/aromatic N) is 1. The fraction of sp³-hybridized carbons (Fsp3) is 0.471. The predicted octanol–water partition coefficient (Wildman–Crippen LogP) is 2.24. The van der Waals surface area contributed by atoms with Crippen LogP contribution in [0.3, 0.4) is 0 Å². The maximum Gasteiger partial charge on any atom is 0.120 e. The lowest BCUT2D eigenvalue weighted by molar-refractivity contribution is 0.105. The summed E-state index contributed by atoms with van der Waals surface area (Å²) < 4.78 is 5.50. The van der Waals surface area contributed by atoms with Crippen molar-refractivity contribution in [3.63, 3.8) is 0 Å².